The first kappa shape index (κ1) is 16.0. The molecule has 0 aliphatic carbocycles. The van der Waals surface area contributed by atoms with Crippen LogP contribution in [0.15, 0.2) is 42.5 Å². The Balaban J connectivity index is 3.27. The molecule has 0 spiro atoms. The maximum Gasteiger partial charge on any atom is 0.336 e. The van der Waals surface area contributed by atoms with Crippen molar-refractivity contribution in [2.75, 3.05) is 7.11 Å². The summed E-state index contributed by atoms with van der Waals surface area (Å²) in [6.07, 6.45) is -0.577. The smallest absolute Gasteiger partial charge is 0.336 e. The molecule has 1 aromatic carbocycles. The highest BCUT2D eigenvalue weighted by atomic mass is 28.4. The zero-order valence-electron chi connectivity index (χ0n) is 14.8. The van der Waals surface area contributed by atoms with Crippen LogP contribution in [0.5, 0.6) is 0 Å². The van der Waals surface area contributed by atoms with Gasteiger partial charge < -0.3 is 9.16 Å². The fourth-order valence-corrected chi connectivity index (χ4v) is 2.84. The lowest BCUT2D eigenvalue weighted by molar-refractivity contribution is -0.137. The first-order valence-corrected chi connectivity index (χ1v) is 9.94. The third-order valence-corrected chi connectivity index (χ3v) is 8.46. The van der Waals surface area contributed by atoms with Gasteiger partial charge in [0.1, 0.15) is 6.10 Å². The molecular formula is C17H26O3Si. The van der Waals surface area contributed by atoms with Gasteiger partial charge in [-0.05, 0) is 23.7 Å². The highest BCUT2D eigenvalue weighted by molar-refractivity contribution is 6.74. The zero-order chi connectivity index (χ0) is 17.0. The Morgan fingerprint density at radius 3 is 2.29 bits per heavy atom. The van der Waals surface area contributed by atoms with Crippen molar-refractivity contribution < 1.29 is 15.3 Å². The Hall–Kier alpha value is -1.39. The van der Waals surface area contributed by atoms with E-state index in [4.69, 9.17) is 10.5 Å². The van der Waals surface area contributed by atoms with E-state index in [1.807, 2.05) is 30.3 Å². The molecule has 0 bridgehead atoms. The molecular weight excluding hydrogens is 280 g/mol. The number of hydrogen-bond donors (Lipinski definition) is 0. The van der Waals surface area contributed by atoms with E-state index in [2.05, 4.69) is 33.9 Å². The van der Waals surface area contributed by atoms with E-state index < -0.39 is 20.4 Å². The van der Waals surface area contributed by atoms with Crippen LogP contribution in [0.4, 0.5) is 0 Å². The molecule has 116 valence electrons. The highest BCUT2D eigenvalue weighted by Crippen LogP contribution is 2.41. The number of carbonyl (C=O) groups excluding carboxylic acids is 1. The summed E-state index contributed by atoms with van der Waals surface area (Å²) < 4.78 is 18.8. The Kier molecular flexibility index (Phi) is 5.01. The summed E-state index contributed by atoms with van der Waals surface area (Å²) >= 11 is 0. The molecule has 0 unspecified atom stereocenters. The average Bonchev–Trinajstić information content (AvgIpc) is 2.46. The number of carbonyl (C=O) groups is 1. The second kappa shape index (κ2) is 6.58. The van der Waals surface area contributed by atoms with E-state index in [-0.39, 0.29) is 10.6 Å². The van der Waals surface area contributed by atoms with Gasteiger partial charge in [-0.3, -0.25) is 0 Å². The van der Waals surface area contributed by atoms with Crippen molar-refractivity contribution in [3.05, 3.63) is 48.0 Å². The Labute approximate surface area is 130 Å². The molecule has 1 atom stereocenters. The maximum atomic E-state index is 12.0. The normalized spacial score (nSPS) is 15.3. The lowest BCUT2D eigenvalue weighted by Crippen LogP contribution is -2.42. The van der Waals surface area contributed by atoms with E-state index >= 15 is 0 Å². The molecule has 1 aromatic rings. The van der Waals surface area contributed by atoms with Crippen molar-refractivity contribution in [2.45, 2.75) is 45.0 Å². The molecule has 0 saturated carbocycles. The van der Waals surface area contributed by atoms with Gasteiger partial charge in [0.05, 0.1) is 14.1 Å². The fourth-order valence-electron chi connectivity index (χ4n) is 1.64. The van der Waals surface area contributed by atoms with Crippen LogP contribution in [0.3, 0.4) is 0 Å². The molecule has 1 rings (SSSR count). The van der Waals surface area contributed by atoms with Crippen LogP contribution >= 0.6 is 0 Å². The maximum absolute atomic E-state index is 12.0. The summed E-state index contributed by atoms with van der Waals surface area (Å²) in [5.41, 5.74) is 1.08. The molecule has 21 heavy (non-hydrogen) atoms. The Morgan fingerprint density at radius 2 is 1.86 bits per heavy atom. The van der Waals surface area contributed by atoms with Gasteiger partial charge in [0.15, 0.2) is 8.32 Å². The highest BCUT2D eigenvalue weighted by Gasteiger charge is 2.40. The number of hydrogen-bond acceptors (Lipinski definition) is 3. The minimum absolute atomic E-state index is 0.00326. The summed E-state index contributed by atoms with van der Waals surface area (Å²) in [7, 11) is -0.801. The standard InChI is InChI=1S/C17H26O3Si/c1-13(16(18)19-5)15(14-11-9-8-10-12-14)20-21(6,7)17(2,3)4/h8-12,15H,1H2,2-7H3/t15-/m0/s1/i1D. The molecule has 0 radical (unpaired) electrons. The molecule has 0 saturated heterocycles. The van der Waals surface area contributed by atoms with Crippen LogP contribution in [0.1, 0.15) is 33.8 Å². The van der Waals surface area contributed by atoms with Crippen LogP contribution in [-0.2, 0) is 14.0 Å². The van der Waals surface area contributed by atoms with Gasteiger partial charge in [-0.25, -0.2) is 4.79 Å². The van der Waals surface area contributed by atoms with Gasteiger partial charge >= 0.3 is 5.97 Å². The van der Waals surface area contributed by atoms with Crippen molar-refractivity contribution in [1.29, 1.82) is 0 Å². The first-order chi connectivity index (χ1) is 10.1. The monoisotopic (exact) mass is 307 g/mol. The number of esters is 1. The molecule has 3 nitrogen and oxygen atoms in total. The van der Waals surface area contributed by atoms with Crippen molar-refractivity contribution in [2.24, 2.45) is 0 Å². The first-order valence-electron chi connectivity index (χ1n) is 7.61. The van der Waals surface area contributed by atoms with Crippen LogP contribution < -0.4 is 0 Å². The topological polar surface area (TPSA) is 35.5 Å². The molecule has 0 aliphatic rings. The van der Waals surface area contributed by atoms with Gasteiger partial charge in [0.25, 0.3) is 0 Å². The number of rotatable bonds is 5. The van der Waals surface area contributed by atoms with Crippen molar-refractivity contribution in [3.8, 4) is 0 Å². The van der Waals surface area contributed by atoms with Gasteiger partial charge in [0, 0.05) is 0 Å². The number of methoxy groups -OCH3 is 1. The molecule has 0 aliphatic heterocycles. The fraction of sp³-hybridized carbons (Fsp3) is 0.471. The largest absolute Gasteiger partial charge is 0.466 e. The number of benzene rings is 1. The van der Waals surface area contributed by atoms with E-state index in [9.17, 15) is 4.79 Å². The van der Waals surface area contributed by atoms with E-state index in [1.54, 1.807) is 0 Å². The second-order valence-corrected chi connectivity index (χ2v) is 11.4. The Bertz CT molecular complexity index is 533. The van der Waals surface area contributed by atoms with Crippen molar-refractivity contribution in [1.82, 2.24) is 0 Å². The van der Waals surface area contributed by atoms with Crippen LogP contribution in [0.2, 0.25) is 18.1 Å². The predicted molar refractivity (Wildman–Crippen MR) is 88.6 cm³/mol. The van der Waals surface area contributed by atoms with Crippen molar-refractivity contribution in [3.63, 3.8) is 0 Å². The lowest BCUT2D eigenvalue weighted by atomic mass is 10.0. The lowest BCUT2D eigenvalue weighted by Gasteiger charge is -2.39. The molecule has 0 heterocycles. The third-order valence-electron chi connectivity index (χ3n) is 4.02. The molecule has 0 amide bonds. The van der Waals surface area contributed by atoms with Gasteiger partial charge in [-0.2, -0.15) is 0 Å². The van der Waals surface area contributed by atoms with E-state index in [1.165, 1.54) is 7.11 Å². The van der Waals surface area contributed by atoms with E-state index in [0.29, 0.717) is 0 Å². The van der Waals surface area contributed by atoms with Gasteiger partial charge in [0.2, 0.25) is 0 Å². The predicted octanol–water partition coefficient (Wildman–Crippen LogP) is 4.48. The molecule has 0 N–H and O–H groups in total. The third kappa shape index (κ3) is 4.28. The molecule has 0 aromatic heterocycles. The van der Waals surface area contributed by atoms with Gasteiger partial charge in [-0.15, -0.1) is 0 Å². The summed E-state index contributed by atoms with van der Waals surface area (Å²) in [6.45, 7) is 11.7. The average molecular weight is 307 g/mol. The van der Waals surface area contributed by atoms with Gasteiger partial charge in [-0.1, -0.05) is 57.7 Å². The number of ether oxygens (including phenoxy) is 1. The van der Waals surface area contributed by atoms with Crippen LogP contribution in [0.25, 0.3) is 0 Å². The summed E-state index contributed by atoms with van der Waals surface area (Å²) in [4.78, 5) is 12.0. The van der Waals surface area contributed by atoms with E-state index in [0.717, 1.165) is 12.1 Å². The SMILES string of the molecule is [2H]C=C(C(=O)OC)[C@H](O[Si](C)(C)C(C)(C)C)c1ccccc1. The summed E-state index contributed by atoms with van der Waals surface area (Å²) in [6, 6.07) is 9.52. The quantitative estimate of drug-likeness (QED) is 0.457. The second-order valence-electron chi connectivity index (χ2n) is 6.62. The zero-order valence-corrected chi connectivity index (χ0v) is 14.8. The molecule has 0 fully saturated rings. The minimum atomic E-state index is -2.12. The summed E-state index contributed by atoms with van der Waals surface area (Å²) in [5, 5.41) is 0.00326. The van der Waals surface area contributed by atoms with Crippen molar-refractivity contribution >= 4 is 14.3 Å². The summed E-state index contributed by atoms with van der Waals surface area (Å²) in [5.74, 6) is -0.525. The minimum Gasteiger partial charge on any atom is -0.466 e. The van der Waals surface area contributed by atoms with Crippen LogP contribution in [0, 0.1) is 0 Å². The Morgan fingerprint density at radius 1 is 1.29 bits per heavy atom. The van der Waals surface area contributed by atoms with Crippen LogP contribution in [-0.4, -0.2) is 21.4 Å². The molecule has 4 heteroatoms.